The van der Waals surface area contributed by atoms with Crippen molar-refractivity contribution in [3.8, 4) is 0 Å². The first kappa shape index (κ1) is 14.3. The molecule has 1 heterocycles. The predicted octanol–water partition coefficient (Wildman–Crippen LogP) is 4.22. The number of hydrogen-bond donors (Lipinski definition) is 0. The van der Waals surface area contributed by atoms with Crippen molar-refractivity contribution in [1.29, 1.82) is 0 Å². The van der Waals surface area contributed by atoms with Gasteiger partial charge in [-0.25, -0.2) is 0 Å². The molecular formula is C11H8BrCl2N3O2. The number of nitro groups is 1. The Kier molecular flexibility index (Phi) is 4.13. The van der Waals surface area contributed by atoms with E-state index in [1.54, 1.807) is 25.1 Å². The smallest absolute Gasteiger partial charge is 0.358 e. The topological polar surface area (TPSA) is 61.0 Å². The summed E-state index contributed by atoms with van der Waals surface area (Å²) in [7, 11) is 0. The normalized spacial score (nSPS) is 10.7. The van der Waals surface area contributed by atoms with E-state index in [0.29, 0.717) is 25.8 Å². The summed E-state index contributed by atoms with van der Waals surface area (Å²) in [5, 5.41) is 15.8. The van der Waals surface area contributed by atoms with E-state index < -0.39 is 4.92 Å². The van der Waals surface area contributed by atoms with Crippen molar-refractivity contribution in [3.05, 3.63) is 54.1 Å². The molecule has 0 N–H and O–H groups in total. The van der Waals surface area contributed by atoms with E-state index in [0.717, 1.165) is 0 Å². The molecule has 2 rings (SSSR count). The molecular weight excluding hydrogens is 357 g/mol. The summed E-state index contributed by atoms with van der Waals surface area (Å²) in [6.07, 6.45) is 0. The van der Waals surface area contributed by atoms with Crippen LogP contribution in [0, 0.1) is 17.0 Å². The fraction of sp³-hybridized carbons (Fsp3) is 0.182. The van der Waals surface area contributed by atoms with Gasteiger partial charge in [-0.05, 0) is 39.9 Å². The first-order valence-corrected chi connectivity index (χ1v) is 6.77. The van der Waals surface area contributed by atoms with Gasteiger partial charge in [-0.15, -0.1) is 0 Å². The molecule has 0 saturated heterocycles. The molecule has 1 aromatic heterocycles. The molecule has 0 radical (unpaired) electrons. The molecule has 0 bridgehead atoms. The van der Waals surface area contributed by atoms with Gasteiger partial charge in [-0.2, -0.15) is 4.68 Å². The molecule has 1 aromatic carbocycles. The average Bonchev–Trinajstić information content (AvgIpc) is 2.62. The third-order valence-electron chi connectivity index (χ3n) is 2.66. The lowest BCUT2D eigenvalue weighted by Gasteiger charge is -2.05. The molecule has 5 nitrogen and oxygen atoms in total. The van der Waals surface area contributed by atoms with Crippen LogP contribution in [0.4, 0.5) is 5.82 Å². The van der Waals surface area contributed by atoms with Gasteiger partial charge in [0.25, 0.3) is 0 Å². The van der Waals surface area contributed by atoms with Gasteiger partial charge in [0, 0.05) is 15.6 Å². The highest BCUT2D eigenvalue weighted by atomic mass is 79.9. The minimum atomic E-state index is -0.540. The number of benzene rings is 1. The molecule has 0 aliphatic rings. The summed E-state index contributed by atoms with van der Waals surface area (Å²) in [6.45, 7) is 2.01. The maximum atomic E-state index is 10.8. The van der Waals surface area contributed by atoms with E-state index in [1.807, 2.05) is 0 Å². The van der Waals surface area contributed by atoms with E-state index in [9.17, 15) is 10.1 Å². The van der Waals surface area contributed by atoms with Crippen LogP contribution >= 0.6 is 39.1 Å². The van der Waals surface area contributed by atoms with Gasteiger partial charge in [0.05, 0.1) is 17.3 Å². The fourth-order valence-corrected chi connectivity index (χ4v) is 2.56. The second-order valence-electron chi connectivity index (χ2n) is 3.84. The van der Waals surface area contributed by atoms with Gasteiger partial charge in [-0.1, -0.05) is 29.3 Å². The maximum Gasteiger partial charge on any atom is 0.404 e. The lowest BCUT2D eigenvalue weighted by atomic mass is 10.2. The van der Waals surface area contributed by atoms with E-state index in [-0.39, 0.29) is 12.4 Å². The zero-order valence-electron chi connectivity index (χ0n) is 9.73. The Hall–Kier alpha value is -1.11. The zero-order valence-corrected chi connectivity index (χ0v) is 12.8. The molecule has 2 aromatic rings. The molecule has 8 heteroatoms. The Labute approximate surface area is 127 Å². The van der Waals surface area contributed by atoms with Gasteiger partial charge in [0.2, 0.25) is 0 Å². The molecule has 0 fully saturated rings. The van der Waals surface area contributed by atoms with Crippen LogP contribution in [-0.4, -0.2) is 14.7 Å². The van der Waals surface area contributed by atoms with Crippen LogP contribution in [0.2, 0.25) is 10.0 Å². The largest absolute Gasteiger partial charge is 0.404 e. The molecule has 0 unspecified atom stereocenters. The van der Waals surface area contributed by atoms with Crippen LogP contribution in [0.1, 0.15) is 11.3 Å². The number of aromatic nitrogens is 2. The molecule has 19 heavy (non-hydrogen) atoms. The van der Waals surface area contributed by atoms with Crippen LogP contribution in [-0.2, 0) is 6.54 Å². The fourth-order valence-electron chi connectivity index (χ4n) is 1.61. The second-order valence-corrected chi connectivity index (χ2v) is 5.45. The first-order valence-electron chi connectivity index (χ1n) is 5.22. The Balaban J connectivity index is 2.45. The van der Waals surface area contributed by atoms with Crippen molar-refractivity contribution in [1.82, 2.24) is 9.78 Å². The number of hydrogen-bond acceptors (Lipinski definition) is 3. The Morgan fingerprint density at radius 2 is 2.00 bits per heavy atom. The lowest BCUT2D eigenvalue weighted by molar-refractivity contribution is -0.390. The third kappa shape index (κ3) is 2.75. The minimum absolute atomic E-state index is 0.222. The van der Waals surface area contributed by atoms with Gasteiger partial charge < -0.3 is 10.1 Å². The van der Waals surface area contributed by atoms with E-state index in [4.69, 9.17) is 23.2 Å². The van der Waals surface area contributed by atoms with Gasteiger partial charge in [0.15, 0.2) is 0 Å². The molecule has 0 amide bonds. The van der Waals surface area contributed by atoms with Crippen LogP contribution < -0.4 is 0 Å². The lowest BCUT2D eigenvalue weighted by Crippen LogP contribution is -2.05. The van der Waals surface area contributed by atoms with Crippen molar-refractivity contribution >= 4 is 44.9 Å². The van der Waals surface area contributed by atoms with Crippen LogP contribution in [0.5, 0.6) is 0 Å². The maximum absolute atomic E-state index is 10.8. The predicted molar refractivity (Wildman–Crippen MR) is 76.9 cm³/mol. The highest BCUT2D eigenvalue weighted by molar-refractivity contribution is 9.10. The van der Waals surface area contributed by atoms with Crippen LogP contribution in [0.3, 0.4) is 0 Å². The van der Waals surface area contributed by atoms with Gasteiger partial charge >= 0.3 is 5.82 Å². The molecule has 0 atom stereocenters. The highest BCUT2D eigenvalue weighted by Crippen LogP contribution is 2.30. The monoisotopic (exact) mass is 363 g/mol. The Morgan fingerprint density at radius 3 is 2.47 bits per heavy atom. The number of nitrogens with zero attached hydrogens (tertiary/aromatic N) is 3. The first-order chi connectivity index (χ1) is 8.91. The quantitative estimate of drug-likeness (QED) is 0.605. The summed E-state index contributed by atoms with van der Waals surface area (Å²) in [5.41, 5.74) is 1.32. The molecule has 0 aliphatic heterocycles. The van der Waals surface area contributed by atoms with Crippen LogP contribution in [0.25, 0.3) is 0 Å². The standard InChI is InChI=1S/C11H8BrCl2N3O2/c1-6-10(12)11(17(18)19)15-16(6)5-7-8(13)3-2-4-9(7)14/h2-4H,5H2,1H3. The third-order valence-corrected chi connectivity index (χ3v) is 4.30. The van der Waals surface area contributed by atoms with Crippen LogP contribution in [0.15, 0.2) is 22.7 Å². The van der Waals surface area contributed by atoms with Crippen molar-refractivity contribution in [2.45, 2.75) is 13.5 Å². The molecule has 0 spiro atoms. The SMILES string of the molecule is Cc1c(Br)c([N+](=O)[O-])nn1Cc1c(Cl)cccc1Cl. The second kappa shape index (κ2) is 5.48. The average molecular weight is 365 g/mol. The van der Waals surface area contributed by atoms with E-state index >= 15 is 0 Å². The molecule has 0 aliphatic carbocycles. The zero-order chi connectivity index (χ0) is 14.2. The Bertz CT molecular complexity index is 637. The van der Waals surface area contributed by atoms with E-state index in [2.05, 4.69) is 21.0 Å². The molecule has 0 saturated carbocycles. The number of rotatable bonds is 3. The minimum Gasteiger partial charge on any atom is -0.358 e. The van der Waals surface area contributed by atoms with Crippen molar-refractivity contribution < 1.29 is 4.92 Å². The Morgan fingerprint density at radius 1 is 1.42 bits per heavy atom. The summed E-state index contributed by atoms with van der Waals surface area (Å²) in [4.78, 5) is 10.3. The molecule has 100 valence electrons. The van der Waals surface area contributed by atoms with Crippen molar-refractivity contribution in [3.63, 3.8) is 0 Å². The summed E-state index contributed by atoms with van der Waals surface area (Å²) in [6, 6.07) is 5.17. The summed E-state index contributed by atoms with van der Waals surface area (Å²) < 4.78 is 1.86. The van der Waals surface area contributed by atoms with Crippen molar-refractivity contribution in [2.75, 3.05) is 0 Å². The van der Waals surface area contributed by atoms with Gasteiger partial charge in [-0.3, -0.25) is 0 Å². The summed E-state index contributed by atoms with van der Waals surface area (Å²) in [5.74, 6) is -0.222. The summed E-state index contributed by atoms with van der Waals surface area (Å²) >= 11 is 15.3. The van der Waals surface area contributed by atoms with Gasteiger partial charge in [0.1, 0.15) is 4.47 Å². The number of halogens is 3. The van der Waals surface area contributed by atoms with Crippen molar-refractivity contribution in [2.24, 2.45) is 0 Å². The highest BCUT2D eigenvalue weighted by Gasteiger charge is 2.24. The van der Waals surface area contributed by atoms with E-state index in [1.165, 1.54) is 4.68 Å².